The van der Waals surface area contributed by atoms with Gasteiger partial charge in [0.1, 0.15) is 5.41 Å². The number of rotatable bonds is 8. The number of pyridine rings is 2. The van der Waals surface area contributed by atoms with E-state index >= 15 is 0 Å². The van der Waals surface area contributed by atoms with Gasteiger partial charge in [0.05, 0.1) is 11.0 Å². The molecule has 0 saturated heterocycles. The van der Waals surface area contributed by atoms with Crippen LogP contribution in [-0.2, 0) is 16.0 Å². The van der Waals surface area contributed by atoms with E-state index in [0.29, 0.717) is 33.5 Å². The maximum Gasteiger partial charge on any atom is 0.240 e. The summed E-state index contributed by atoms with van der Waals surface area (Å²) in [6, 6.07) is 23.7. The molecule has 214 valence electrons. The van der Waals surface area contributed by atoms with Crippen molar-refractivity contribution in [2.45, 2.75) is 26.7 Å². The monoisotopic (exact) mass is 580 g/mol. The molecular formula is C33H33ClN6O2. The Bertz CT molecular complexity index is 1700. The van der Waals surface area contributed by atoms with E-state index in [9.17, 15) is 9.59 Å². The molecular weight excluding hydrogens is 548 g/mol. The summed E-state index contributed by atoms with van der Waals surface area (Å²) < 4.78 is 0. The second kappa shape index (κ2) is 12.3. The highest BCUT2D eigenvalue weighted by molar-refractivity contribution is 6.15. The third-order valence-corrected chi connectivity index (χ3v) is 7.16. The molecule has 0 spiro atoms. The smallest absolute Gasteiger partial charge is 0.240 e. The summed E-state index contributed by atoms with van der Waals surface area (Å²) in [5.74, 6) is -0.927. The van der Waals surface area contributed by atoms with Crippen LogP contribution in [0.3, 0.4) is 0 Å². The molecule has 0 bridgehead atoms. The van der Waals surface area contributed by atoms with Gasteiger partial charge >= 0.3 is 0 Å². The number of hydrogen-bond donors (Lipinski definition) is 4. The quantitative estimate of drug-likeness (QED) is 0.124. The van der Waals surface area contributed by atoms with Crippen LogP contribution in [0.5, 0.6) is 0 Å². The number of allylic oxidation sites excluding steroid dienone is 1. The van der Waals surface area contributed by atoms with Crippen molar-refractivity contribution in [3.63, 3.8) is 0 Å². The number of halogens is 1. The van der Waals surface area contributed by atoms with Crippen LogP contribution in [-0.4, -0.2) is 21.8 Å². The molecule has 0 aliphatic rings. The van der Waals surface area contributed by atoms with Gasteiger partial charge in [-0.05, 0) is 80.8 Å². The standard InChI is InChI=1S/C33H32N6O2.ClH/c1-4-14-33(19-22-8-6-5-7-9-22,31(40)38-23-10-12-29-25(17-23)27(34)15-20(2)36-29)32(41)39-24-11-13-30-26(18-24)28(35)16-21(3)37-30;/h4-13,15-18H,1,14,19H2,2-3H3,(H2,34,36)(H2,35,37)(H,38,40)(H,39,41);1H. The number of aryl methyl sites for hydroxylation is 2. The first-order valence-corrected chi connectivity index (χ1v) is 13.3. The zero-order valence-corrected chi connectivity index (χ0v) is 24.3. The number of nitrogen functional groups attached to an aromatic ring is 2. The Morgan fingerprint density at radius 2 is 1.26 bits per heavy atom. The van der Waals surface area contributed by atoms with Crippen LogP contribution < -0.4 is 22.1 Å². The van der Waals surface area contributed by atoms with E-state index < -0.39 is 17.2 Å². The fourth-order valence-electron chi connectivity index (χ4n) is 5.15. The molecule has 0 atom stereocenters. The largest absolute Gasteiger partial charge is 0.398 e. The second-order valence-corrected chi connectivity index (χ2v) is 10.3. The van der Waals surface area contributed by atoms with Crippen molar-refractivity contribution in [1.82, 2.24) is 9.97 Å². The Hall–Kier alpha value is -4.95. The van der Waals surface area contributed by atoms with E-state index in [4.69, 9.17) is 11.5 Å². The lowest BCUT2D eigenvalue weighted by molar-refractivity contribution is -0.137. The molecule has 42 heavy (non-hydrogen) atoms. The summed E-state index contributed by atoms with van der Waals surface area (Å²) in [7, 11) is 0. The number of amides is 2. The highest BCUT2D eigenvalue weighted by atomic mass is 35.5. The van der Waals surface area contributed by atoms with Crippen LogP contribution in [0.15, 0.2) is 91.5 Å². The van der Waals surface area contributed by atoms with Gasteiger partial charge in [-0.25, -0.2) is 0 Å². The summed E-state index contributed by atoms with van der Waals surface area (Å²) >= 11 is 0. The van der Waals surface area contributed by atoms with Crippen molar-refractivity contribution in [3.8, 4) is 0 Å². The second-order valence-electron chi connectivity index (χ2n) is 10.3. The average molecular weight is 581 g/mol. The van der Waals surface area contributed by atoms with E-state index in [1.807, 2.05) is 44.2 Å². The lowest BCUT2D eigenvalue weighted by Crippen LogP contribution is -2.47. The van der Waals surface area contributed by atoms with Crippen LogP contribution >= 0.6 is 12.4 Å². The molecule has 6 N–H and O–H groups in total. The fourth-order valence-corrected chi connectivity index (χ4v) is 5.15. The maximum absolute atomic E-state index is 14.1. The molecule has 0 aliphatic carbocycles. The van der Waals surface area contributed by atoms with Crippen LogP contribution in [0.25, 0.3) is 21.8 Å². The number of carbonyl (C=O) groups excluding carboxylic acids is 2. The highest BCUT2D eigenvalue weighted by Gasteiger charge is 2.45. The maximum atomic E-state index is 14.1. The zero-order valence-electron chi connectivity index (χ0n) is 23.5. The minimum Gasteiger partial charge on any atom is -0.398 e. The first-order valence-electron chi connectivity index (χ1n) is 13.3. The van der Waals surface area contributed by atoms with Gasteiger partial charge in [-0.3, -0.25) is 19.6 Å². The van der Waals surface area contributed by atoms with Gasteiger partial charge in [0.2, 0.25) is 11.8 Å². The molecule has 5 aromatic rings. The highest BCUT2D eigenvalue weighted by Crippen LogP contribution is 2.34. The lowest BCUT2D eigenvalue weighted by Gasteiger charge is -2.31. The summed E-state index contributed by atoms with van der Waals surface area (Å²) in [5.41, 5.74) is 17.0. The number of anilines is 4. The zero-order chi connectivity index (χ0) is 29.1. The molecule has 8 nitrogen and oxygen atoms in total. The van der Waals surface area contributed by atoms with E-state index in [2.05, 4.69) is 27.2 Å². The van der Waals surface area contributed by atoms with Crippen molar-refractivity contribution < 1.29 is 9.59 Å². The minimum absolute atomic E-state index is 0. The predicted molar refractivity (Wildman–Crippen MR) is 174 cm³/mol. The molecule has 2 aromatic heterocycles. The first kappa shape index (κ1) is 30.0. The number of fused-ring (bicyclic) bond motifs is 2. The SMILES string of the molecule is C=CCC(Cc1ccccc1)(C(=O)Nc1ccc2nc(C)cc(N)c2c1)C(=O)Nc1ccc2nc(C)cc(N)c2c1.Cl. The fraction of sp³-hybridized carbons (Fsp3) is 0.152. The number of nitrogens with zero attached hydrogens (tertiary/aromatic N) is 2. The third kappa shape index (κ3) is 6.04. The predicted octanol–water partition coefficient (Wildman–Crippen LogP) is 6.37. The van der Waals surface area contributed by atoms with Gasteiger partial charge < -0.3 is 22.1 Å². The Kier molecular flexibility index (Phi) is 8.78. The lowest BCUT2D eigenvalue weighted by atomic mass is 9.76. The molecule has 0 unspecified atom stereocenters. The van der Waals surface area contributed by atoms with Crippen molar-refractivity contribution in [3.05, 3.63) is 108 Å². The van der Waals surface area contributed by atoms with E-state index in [1.54, 1.807) is 54.6 Å². The molecule has 0 fully saturated rings. The Morgan fingerprint density at radius 1 is 0.786 bits per heavy atom. The number of carbonyl (C=O) groups is 2. The normalized spacial score (nSPS) is 11.1. The Labute approximate surface area is 250 Å². The Morgan fingerprint density at radius 3 is 1.71 bits per heavy atom. The van der Waals surface area contributed by atoms with Crippen molar-refractivity contribution in [1.29, 1.82) is 0 Å². The summed E-state index contributed by atoms with van der Waals surface area (Å²) in [6.45, 7) is 7.63. The van der Waals surface area contributed by atoms with Gasteiger partial charge in [0.15, 0.2) is 0 Å². The van der Waals surface area contributed by atoms with Crippen LogP contribution in [0.2, 0.25) is 0 Å². The van der Waals surface area contributed by atoms with Crippen LogP contribution in [0.4, 0.5) is 22.7 Å². The molecule has 0 saturated carbocycles. The van der Waals surface area contributed by atoms with Gasteiger partial charge in [-0.2, -0.15) is 0 Å². The average Bonchev–Trinajstić information content (AvgIpc) is 2.94. The molecule has 2 heterocycles. The van der Waals surface area contributed by atoms with E-state index in [-0.39, 0.29) is 25.2 Å². The molecule has 2 amide bonds. The Balaban J connectivity index is 0.00000405. The molecule has 0 radical (unpaired) electrons. The van der Waals surface area contributed by atoms with Gasteiger partial charge in [0, 0.05) is 44.9 Å². The van der Waals surface area contributed by atoms with Gasteiger partial charge in [-0.1, -0.05) is 36.4 Å². The van der Waals surface area contributed by atoms with E-state index in [0.717, 1.165) is 28.0 Å². The van der Waals surface area contributed by atoms with Gasteiger partial charge in [0.25, 0.3) is 0 Å². The van der Waals surface area contributed by atoms with Crippen molar-refractivity contribution in [2.24, 2.45) is 5.41 Å². The number of aromatic nitrogens is 2. The topological polar surface area (TPSA) is 136 Å². The number of hydrogen-bond acceptors (Lipinski definition) is 6. The molecule has 9 heteroatoms. The minimum atomic E-state index is -1.51. The number of benzene rings is 3. The van der Waals surface area contributed by atoms with Crippen LogP contribution in [0.1, 0.15) is 23.4 Å². The van der Waals surface area contributed by atoms with Gasteiger partial charge in [-0.15, -0.1) is 19.0 Å². The first-order chi connectivity index (χ1) is 19.7. The van der Waals surface area contributed by atoms with Crippen LogP contribution in [0, 0.1) is 19.3 Å². The number of nitrogens with one attached hydrogen (secondary N) is 2. The van der Waals surface area contributed by atoms with E-state index in [1.165, 1.54) is 0 Å². The number of nitrogens with two attached hydrogens (primary N) is 2. The molecule has 0 aliphatic heterocycles. The molecule has 3 aromatic carbocycles. The van der Waals surface area contributed by atoms with Crippen molar-refractivity contribution in [2.75, 3.05) is 22.1 Å². The third-order valence-electron chi connectivity index (χ3n) is 7.16. The molecule has 5 rings (SSSR count). The summed E-state index contributed by atoms with van der Waals surface area (Å²) in [5, 5.41) is 7.38. The summed E-state index contributed by atoms with van der Waals surface area (Å²) in [4.78, 5) is 37.3. The summed E-state index contributed by atoms with van der Waals surface area (Å²) in [6.07, 6.45) is 1.86. The van der Waals surface area contributed by atoms with Crippen molar-refractivity contribution >= 4 is 68.8 Å².